The molecule has 0 aliphatic heterocycles. The fourth-order valence-corrected chi connectivity index (χ4v) is 2.11. The first-order valence-electron chi connectivity index (χ1n) is 8.12. The van der Waals surface area contributed by atoms with Crippen molar-refractivity contribution in [1.82, 2.24) is 15.5 Å². The van der Waals surface area contributed by atoms with Gasteiger partial charge in [-0.25, -0.2) is 4.39 Å². The van der Waals surface area contributed by atoms with Crippen LogP contribution in [-0.2, 0) is 22.4 Å². The molecule has 2 rings (SSSR count). The number of carbonyl (C=O) groups excluding carboxylic acids is 2. The van der Waals surface area contributed by atoms with Crippen molar-refractivity contribution in [1.29, 1.82) is 0 Å². The van der Waals surface area contributed by atoms with Crippen molar-refractivity contribution in [2.75, 3.05) is 11.9 Å². The Balaban J connectivity index is 1.68. The Hall–Kier alpha value is -2.77. The summed E-state index contributed by atoms with van der Waals surface area (Å²) in [5.74, 6) is -0.0974. The Morgan fingerprint density at radius 1 is 1.24 bits per heavy atom. The topological polar surface area (TPSA) is 97.1 Å². The van der Waals surface area contributed by atoms with Gasteiger partial charge in [-0.1, -0.05) is 18.1 Å². The van der Waals surface area contributed by atoms with Crippen LogP contribution in [0.4, 0.5) is 10.1 Å². The Morgan fingerprint density at radius 3 is 2.72 bits per heavy atom. The van der Waals surface area contributed by atoms with E-state index in [1.165, 1.54) is 6.07 Å². The van der Waals surface area contributed by atoms with Crippen molar-refractivity contribution in [3.63, 3.8) is 0 Å². The number of anilines is 1. The molecule has 0 fully saturated rings. The molecule has 2 amide bonds. The van der Waals surface area contributed by atoms with E-state index in [1.807, 2.05) is 6.92 Å². The van der Waals surface area contributed by atoms with Gasteiger partial charge in [0.1, 0.15) is 5.82 Å². The summed E-state index contributed by atoms with van der Waals surface area (Å²) in [6.07, 6.45) is 1.11. The molecule has 1 heterocycles. The number of hydrogen-bond donors (Lipinski definition) is 2. The third-order valence-electron chi connectivity index (χ3n) is 3.46. The molecule has 0 spiro atoms. The van der Waals surface area contributed by atoms with Gasteiger partial charge in [0.05, 0.1) is 5.69 Å². The predicted molar refractivity (Wildman–Crippen MR) is 89.4 cm³/mol. The van der Waals surface area contributed by atoms with E-state index in [0.29, 0.717) is 31.1 Å². The van der Waals surface area contributed by atoms with Gasteiger partial charge in [-0.2, -0.15) is 4.98 Å². The lowest BCUT2D eigenvalue weighted by atomic mass is 10.2. The van der Waals surface area contributed by atoms with Gasteiger partial charge in [-0.3, -0.25) is 9.59 Å². The highest BCUT2D eigenvalue weighted by atomic mass is 19.1. The molecule has 7 nitrogen and oxygen atoms in total. The van der Waals surface area contributed by atoms with Crippen LogP contribution in [0.1, 0.15) is 37.0 Å². The number of carbonyl (C=O) groups is 2. The number of hydrogen-bond acceptors (Lipinski definition) is 5. The molecule has 1 aromatic heterocycles. The number of aromatic nitrogens is 2. The molecule has 1 aromatic carbocycles. The molecule has 0 aliphatic rings. The lowest BCUT2D eigenvalue weighted by molar-refractivity contribution is -0.124. The molecule has 8 heteroatoms. The first-order chi connectivity index (χ1) is 12.0. The third kappa shape index (κ3) is 5.98. The smallest absolute Gasteiger partial charge is 0.228 e. The van der Waals surface area contributed by atoms with E-state index in [9.17, 15) is 14.0 Å². The van der Waals surface area contributed by atoms with Crippen LogP contribution in [0.15, 0.2) is 22.7 Å². The van der Waals surface area contributed by atoms with Crippen LogP contribution >= 0.6 is 0 Å². The quantitative estimate of drug-likeness (QED) is 0.762. The number of nitrogens with one attached hydrogen (secondary N) is 2. The molecular weight excluding hydrogens is 327 g/mol. The summed E-state index contributed by atoms with van der Waals surface area (Å²) in [6.45, 7) is 4.07. The molecule has 0 saturated heterocycles. The summed E-state index contributed by atoms with van der Waals surface area (Å²) in [5.41, 5.74) is 0.954. The molecule has 2 N–H and O–H groups in total. The summed E-state index contributed by atoms with van der Waals surface area (Å²) in [7, 11) is 0. The fourth-order valence-electron chi connectivity index (χ4n) is 2.11. The van der Waals surface area contributed by atoms with Crippen molar-refractivity contribution in [3.05, 3.63) is 41.3 Å². The molecule has 0 radical (unpaired) electrons. The number of rotatable bonds is 8. The summed E-state index contributed by atoms with van der Waals surface area (Å²) in [6, 6.07) is 4.45. The van der Waals surface area contributed by atoms with E-state index in [-0.39, 0.29) is 24.4 Å². The van der Waals surface area contributed by atoms with Crippen molar-refractivity contribution >= 4 is 17.5 Å². The van der Waals surface area contributed by atoms with Gasteiger partial charge in [0.25, 0.3) is 0 Å². The van der Waals surface area contributed by atoms with Gasteiger partial charge in [0.2, 0.25) is 17.7 Å². The minimum atomic E-state index is -0.505. The first-order valence-corrected chi connectivity index (χ1v) is 8.12. The maximum Gasteiger partial charge on any atom is 0.228 e. The van der Waals surface area contributed by atoms with Crippen molar-refractivity contribution < 1.29 is 18.5 Å². The van der Waals surface area contributed by atoms with Crippen LogP contribution < -0.4 is 10.6 Å². The maximum atomic E-state index is 13.6. The molecular formula is C17H21FN4O3. The van der Waals surface area contributed by atoms with Gasteiger partial charge < -0.3 is 15.2 Å². The highest BCUT2D eigenvalue weighted by Gasteiger charge is 2.10. The van der Waals surface area contributed by atoms with Gasteiger partial charge in [0.15, 0.2) is 5.82 Å². The number of halogens is 1. The number of amides is 2. The second-order valence-corrected chi connectivity index (χ2v) is 5.59. The lowest BCUT2D eigenvalue weighted by Gasteiger charge is -2.07. The van der Waals surface area contributed by atoms with Crippen molar-refractivity contribution in [2.45, 2.75) is 39.5 Å². The Bertz CT molecular complexity index is 745. The molecule has 2 aromatic rings. The van der Waals surface area contributed by atoms with Crippen LogP contribution in [0, 0.1) is 12.7 Å². The standard InChI is InChI=1S/C17H21FN4O3/c1-3-14-21-17(25-22-14)8-9-19-15(23)6-7-16(24)20-13-10-11(2)4-5-12(13)18/h4-5,10H,3,6-9H2,1-2H3,(H,19,23)(H,20,24). The normalized spacial score (nSPS) is 10.5. The molecule has 25 heavy (non-hydrogen) atoms. The zero-order valence-corrected chi connectivity index (χ0v) is 14.3. The monoisotopic (exact) mass is 348 g/mol. The molecule has 0 aliphatic carbocycles. The number of benzene rings is 1. The molecule has 0 saturated carbocycles. The fraction of sp³-hybridized carbons (Fsp3) is 0.412. The number of nitrogens with zero attached hydrogens (tertiary/aromatic N) is 2. The van der Waals surface area contributed by atoms with Gasteiger partial charge in [-0.05, 0) is 24.6 Å². The first kappa shape index (κ1) is 18.6. The molecule has 0 atom stereocenters. The Kier molecular flexibility index (Phi) is 6.62. The summed E-state index contributed by atoms with van der Waals surface area (Å²) >= 11 is 0. The highest BCUT2D eigenvalue weighted by Crippen LogP contribution is 2.15. The van der Waals surface area contributed by atoms with Crippen LogP contribution in [0.5, 0.6) is 0 Å². The average molecular weight is 348 g/mol. The van der Waals surface area contributed by atoms with Crippen LogP contribution in [0.25, 0.3) is 0 Å². The van der Waals surface area contributed by atoms with Crippen LogP contribution in [-0.4, -0.2) is 28.5 Å². The van der Waals surface area contributed by atoms with Crippen LogP contribution in [0.2, 0.25) is 0 Å². The molecule has 0 bridgehead atoms. The Labute approximate surface area is 145 Å². The zero-order chi connectivity index (χ0) is 18.2. The largest absolute Gasteiger partial charge is 0.356 e. The van der Waals surface area contributed by atoms with E-state index in [4.69, 9.17) is 4.52 Å². The molecule has 0 unspecified atom stereocenters. The van der Waals surface area contributed by atoms with E-state index in [0.717, 1.165) is 5.56 Å². The second-order valence-electron chi connectivity index (χ2n) is 5.59. The second kappa shape index (κ2) is 8.91. The van der Waals surface area contributed by atoms with Crippen LogP contribution in [0.3, 0.4) is 0 Å². The lowest BCUT2D eigenvalue weighted by Crippen LogP contribution is -2.27. The van der Waals surface area contributed by atoms with Crippen molar-refractivity contribution in [2.24, 2.45) is 0 Å². The minimum Gasteiger partial charge on any atom is -0.356 e. The zero-order valence-electron chi connectivity index (χ0n) is 14.3. The summed E-state index contributed by atoms with van der Waals surface area (Å²) < 4.78 is 18.6. The van der Waals surface area contributed by atoms with E-state index >= 15 is 0 Å². The van der Waals surface area contributed by atoms with Gasteiger partial charge in [0, 0.05) is 32.2 Å². The predicted octanol–water partition coefficient (Wildman–Crippen LogP) is 2.16. The number of aryl methyl sites for hydroxylation is 2. The SMILES string of the molecule is CCc1noc(CCNC(=O)CCC(=O)Nc2cc(C)ccc2F)n1. The van der Waals surface area contributed by atoms with E-state index in [1.54, 1.807) is 19.1 Å². The van der Waals surface area contributed by atoms with Gasteiger partial charge in [-0.15, -0.1) is 0 Å². The van der Waals surface area contributed by atoms with Gasteiger partial charge >= 0.3 is 0 Å². The van der Waals surface area contributed by atoms with Crippen molar-refractivity contribution in [3.8, 4) is 0 Å². The summed E-state index contributed by atoms with van der Waals surface area (Å²) in [4.78, 5) is 27.7. The maximum absolute atomic E-state index is 13.6. The minimum absolute atomic E-state index is 0.0172. The van der Waals surface area contributed by atoms with E-state index < -0.39 is 11.7 Å². The molecule has 134 valence electrons. The summed E-state index contributed by atoms with van der Waals surface area (Å²) in [5, 5.41) is 8.91. The Morgan fingerprint density at radius 2 is 2.00 bits per heavy atom. The van der Waals surface area contributed by atoms with E-state index in [2.05, 4.69) is 20.8 Å². The third-order valence-corrected chi connectivity index (χ3v) is 3.46. The average Bonchev–Trinajstić information content (AvgIpc) is 3.04. The highest BCUT2D eigenvalue weighted by molar-refractivity contribution is 5.93.